The van der Waals surface area contributed by atoms with E-state index in [1.54, 1.807) is 24.4 Å². The smallest absolute Gasteiger partial charge is 0.243 e. The van der Waals surface area contributed by atoms with Crippen molar-refractivity contribution in [1.29, 1.82) is 0 Å². The second-order valence-electron chi connectivity index (χ2n) is 7.82. The molecule has 4 rings (SSSR count). The van der Waals surface area contributed by atoms with Gasteiger partial charge in [0.05, 0.1) is 10.6 Å². The maximum Gasteiger partial charge on any atom is 0.243 e. The molecule has 0 fully saturated rings. The van der Waals surface area contributed by atoms with Gasteiger partial charge in [-0.15, -0.1) is 0 Å². The van der Waals surface area contributed by atoms with Gasteiger partial charge in [-0.25, -0.2) is 8.42 Å². The number of rotatable bonds is 10. The second kappa shape index (κ2) is 11.0. The number of hydrogen-bond acceptors (Lipinski definition) is 4. The van der Waals surface area contributed by atoms with Crippen molar-refractivity contribution < 1.29 is 8.42 Å². The van der Waals surface area contributed by atoms with Crippen molar-refractivity contribution in [3.63, 3.8) is 0 Å². The average Bonchev–Trinajstić information content (AvgIpc) is 2.86. The van der Waals surface area contributed by atoms with Gasteiger partial charge in [-0.1, -0.05) is 78.9 Å². The summed E-state index contributed by atoms with van der Waals surface area (Å²) in [6.45, 7) is 1.78. The minimum atomic E-state index is -3.70. The van der Waals surface area contributed by atoms with E-state index in [9.17, 15) is 8.42 Å². The van der Waals surface area contributed by atoms with Gasteiger partial charge >= 0.3 is 0 Å². The molecule has 3 aromatic carbocycles. The lowest BCUT2D eigenvalue weighted by Gasteiger charge is -2.23. The molecule has 0 amide bonds. The van der Waals surface area contributed by atoms with Crippen LogP contribution in [-0.2, 0) is 36.2 Å². The normalized spacial score (nSPS) is 11.5. The van der Waals surface area contributed by atoms with E-state index in [4.69, 9.17) is 0 Å². The third-order valence-corrected chi connectivity index (χ3v) is 7.09. The fourth-order valence-electron chi connectivity index (χ4n) is 3.60. The van der Waals surface area contributed by atoms with Crippen LogP contribution in [0.1, 0.15) is 22.4 Å². The lowest BCUT2D eigenvalue weighted by molar-refractivity contribution is 0.401. The molecular weight excluding hydrogens is 430 g/mol. The zero-order valence-electron chi connectivity index (χ0n) is 18.3. The van der Waals surface area contributed by atoms with Gasteiger partial charge in [0.2, 0.25) is 10.0 Å². The minimum absolute atomic E-state index is 0.298. The quantitative estimate of drug-likeness (QED) is 0.373. The molecule has 0 spiro atoms. The van der Waals surface area contributed by atoms with Crippen LogP contribution in [0, 0.1) is 0 Å². The van der Waals surface area contributed by atoms with Crippen molar-refractivity contribution in [2.24, 2.45) is 0 Å². The van der Waals surface area contributed by atoms with E-state index in [0.29, 0.717) is 31.1 Å². The molecule has 0 bridgehead atoms. The van der Waals surface area contributed by atoms with Crippen LogP contribution in [0.4, 0.5) is 0 Å². The summed E-state index contributed by atoms with van der Waals surface area (Å²) in [6.07, 6.45) is 1.76. The lowest BCUT2D eigenvalue weighted by Crippen LogP contribution is -2.30. The van der Waals surface area contributed by atoms with Crippen molar-refractivity contribution >= 4 is 10.0 Å². The highest BCUT2D eigenvalue weighted by Gasteiger charge is 2.25. The molecule has 1 N–H and O–H groups in total. The van der Waals surface area contributed by atoms with Crippen molar-refractivity contribution in [2.45, 2.75) is 31.1 Å². The summed E-state index contributed by atoms with van der Waals surface area (Å²) in [5.41, 5.74) is 3.75. The van der Waals surface area contributed by atoms with Crippen LogP contribution in [0.3, 0.4) is 0 Å². The van der Waals surface area contributed by atoms with Gasteiger partial charge in [0, 0.05) is 32.4 Å². The topological polar surface area (TPSA) is 62.3 Å². The molecule has 0 saturated carbocycles. The van der Waals surface area contributed by atoms with Crippen molar-refractivity contribution in [3.8, 4) is 0 Å². The molecular formula is C27H27N3O2S. The molecule has 0 atom stereocenters. The first-order valence-corrected chi connectivity index (χ1v) is 12.3. The van der Waals surface area contributed by atoms with Gasteiger partial charge in [0.1, 0.15) is 0 Å². The number of pyridine rings is 1. The van der Waals surface area contributed by atoms with Crippen molar-refractivity contribution in [3.05, 3.63) is 132 Å². The molecule has 168 valence electrons. The Bertz CT molecular complexity index is 1210. The van der Waals surface area contributed by atoms with Gasteiger partial charge < -0.3 is 5.32 Å². The SMILES string of the molecule is O=S(=O)(c1cccc(CNCc2ccccn2)c1)N(Cc1ccccc1)Cc1ccccc1. The monoisotopic (exact) mass is 457 g/mol. The molecule has 0 unspecified atom stereocenters. The number of benzene rings is 3. The van der Waals surface area contributed by atoms with E-state index >= 15 is 0 Å². The molecule has 33 heavy (non-hydrogen) atoms. The van der Waals surface area contributed by atoms with Crippen LogP contribution in [0.25, 0.3) is 0 Å². The first kappa shape index (κ1) is 22.9. The summed E-state index contributed by atoms with van der Waals surface area (Å²) in [6, 6.07) is 32.3. The van der Waals surface area contributed by atoms with Crippen molar-refractivity contribution in [1.82, 2.24) is 14.6 Å². The van der Waals surface area contributed by atoms with E-state index in [1.807, 2.05) is 84.9 Å². The Hall–Kier alpha value is -3.32. The third kappa shape index (κ3) is 6.35. The minimum Gasteiger partial charge on any atom is -0.307 e. The van der Waals surface area contributed by atoms with Crippen LogP contribution in [-0.4, -0.2) is 17.7 Å². The fraction of sp³-hybridized carbons (Fsp3) is 0.148. The van der Waals surface area contributed by atoms with E-state index in [-0.39, 0.29) is 0 Å². The first-order valence-electron chi connectivity index (χ1n) is 10.9. The van der Waals surface area contributed by atoms with Gasteiger partial charge in [-0.3, -0.25) is 4.98 Å². The number of nitrogens with one attached hydrogen (secondary N) is 1. The van der Waals surface area contributed by atoms with Crippen molar-refractivity contribution in [2.75, 3.05) is 0 Å². The van der Waals surface area contributed by atoms with Crippen LogP contribution in [0.15, 0.2) is 114 Å². The van der Waals surface area contributed by atoms with Gasteiger partial charge in [0.15, 0.2) is 0 Å². The van der Waals surface area contributed by atoms with E-state index < -0.39 is 10.0 Å². The summed E-state index contributed by atoms with van der Waals surface area (Å²) >= 11 is 0. The number of sulfonamides is 1. The molecule has 0 aliphatic carbocycles. The fourth-order valence-corrected chi connectivity index (χ4v) is 5.09. The van der Waals surface area contributed by atoms with E-state index in [1.165, 1.54) is 4.31 Å². The summed E-state index contributed by atoms with van der Waals surface area (Å²) in [4.78, 5) is 4.60. The molecule has 0 saturated heterocycles. The summed E-state index contributed by atoms with van der Waals surface area (Å²) in [5.74, 6) is 0. The number of hydrogen-bond donors (Lipinski definition) is 1. The molecule has 5 nitrogen and oxygen atoms in total. The summed E-state index contributed by atoms with van der Waals surface area (Å²) in [7, 11) is -3.70. The van der Waals surface area contributed by atoms with Crippen LogP contribution >= 0.6 is 0 Å². The Morgan fingerprint density at radius 1 is 0.667 bits per heavy atom. The van der Waals surface area contributed by atoms with Gasteiger partial charge in [-0.05, 0) is 41.0 Å². The summed E-state index contributed by atoms with van der Waals surface area (Å²) < 4.78 is 28.9. The first-order chi connectivity index (χ1) is 16.1. The zero-order valence-corrected chi connectivity index (χ0v) is 19.2. The highest BCUT2D eigenvalue weighted by molar-refractivity contribution is 7.89. The maximum absolute atomic E-state index is 13.7. The highest BCUT2D eigenvalue weighted by Crippen LogP contribution is 2.22. The highest BCUT2D eigenvalue weighted by atomic mass is 32.2. The molecule has 1 aromatic heterocycles. The lowest BCUT2D eigenvalue weighted by atomic mass is 10.2. The van der Waals surface area contributed by atoms with Crippen LogP contribution in [0.2, 0.25) is 0 Å². The molecule has 4 aromatic rings. The molecule has 1 heterocycles. The number of nitrogens with zero attached hydrogens (tertiary/aromatic N) is 2. The Labute approximate surface area is 195 Å². The number of aromatic nitrogens is 1. The molecule has 0 aliphatic heterocycles. The third-order valence-electron chi connectivity index (χ3n) is 5.30. The zero-order chi connectivity index (χ0) is 22.9. The van der Waals surface area contributed by atoms with E-state index in [0.717, 1.165) is 22.4 Å². The Balaban J connectivity index is 1.54. The predicted octanol–water partition coefficient (Wildman–Crippen LogP) is 4.76. The Morgan fingerprint density at radius 2 is 1.27 bits per heavy atom. The van der Waals surface area contributed by atoms with Crippen LogP contribution < -0.4 is 5.32 Å². The van der Waals surface area contributed by atoms with E-state index in [2.05, 4.69) is 10.3 Å². The average molecular weight is 458 g/mol. The van der Waals surface area contributed by atoms with Crippen LogP contribution in [0.5, 0.6) is 0 Å². The maximum atomic E-state index is 13.7. The molecule has 6 heteroatoms. The molecule has 0 aliphatic rings. The Morgan fingerprint density at radius 3 is 1.88 bits per heavy atom. The standard InChI is InChI=1S/C27H27N3O2S/c31-33(32,27-16-9-14-25(18-27)19-28-20-26-15-7-8-17-29-26)30(21-23-10-3-1-4-11-23)22-24-12-5-2-6-13-24/h1-18,28H,19-22H2. The largest absolute Gasteiger partial charge is 0.307 e. The summed E-state index contributed by atoms with van der Waals surface area (Å²) in [5, 5.41) is 3.33. The van der Waals surface area contributed by atoms with Gasteiger partial charge in [-0.2, -0.15) is 4.31 Å². The second-order valence-corrected chi connectivity index (χ2v) is 9.75. The molecule has 0 radical (unpaired) electrons. The Kier molecular flexibility index (Phi) is 7.62. The van der Waals surface area contributed by atoms with Gasteiger partial charge in [0.25, 0.3) is 0 Å². The predicted molar refractivity (Wildman–Crippen MR) is 131 cm³/mol.